The van der Waals surface area contributed by atoms with E-state index in [0.717, 1.165) is 12.5 Å². The van der Waals surface area contributed by atoms with Crippen LogP contribution >= 0.6 is 0 Å². The van der Waals surface area contributed by atoms with Gasteiger partial charge in [0.25, 0.3) is 0 Å². The standard InChI is InChI=1S/C16H25N/c1-13-10-11-16(4,15(13,2)3)12-17-14-8-6-5-7-9-14/h5-9,13,17H,10-12H2,1-4H3/t13-,16-/m1/s1. The van der Waals surface area contributed by atoms with Gasteiger partial charge in [0.05, 0.1) is 0 Å². The monoisotopic (exact) mass is 231 g/mol. The highest BCUT2D eigenvalue weighted by atomic mass is 14.9. The number of anilines is 1. The second kappa shape index (κ2) is 4.36. The summed E-state index contributed by atoms with van der Waals surface area (Å²) in [6.45, 7) is 10.8. The first-order valence-electron chi connectivity index (χ1n) is 6.75. The quantitative estimate of drug-likeness (QED) is 0.804. The maximum Gasteiger partial charge on any atom is 0.0340 e. The number of hydrogen-bond donors (Lipinski definition) is 1. The van der Waals surface area contributed by atoms with Crippen molar-refractivity contribution in [3.8, 4) is 0 Å². The van der Waals surface area contributed by atoms with Gasteiger partial charge in [0, 0.05) is 12.2 Å². The lowest BCUT2D eigenvalue weighted by molar-refractivity contribution is 0.109. The van der Waals surface area contributed by atoms with Crippen molar-refractivity contribution in [1.29, 1.82) is 0 Å². The fourth-order valence-corrected chi connectivity index (χ4v) is 2.98. The number of rotatable bonds is 3. The molecule has 0 spiro atoms. The molecule has 0 unspecified atom stereocenters. The third kappa shape index (κ3) is 2.20. The van der Waals surface area contributed by atoms with Gasteiger partial charge in [-0.1, -0.05) is 45.9 Å². The lowest BCUT2D eigenvalue weighted by Crippen LogP contribution is -2.38. The van der Waals surface area contributed by atoms with Crippen molar-refractivity contribution in [3.63, 3.8) is 0 Å². The largest absolute Gasteiger partial charge is 0.384 e. The minimum atomic E-state index is 0.405. The van der Waals surface area contributed by atoms with E-state index in [-0.39, 0.29) is 0 Å². The van der Waals surface area contributed by atoms with Gasteiger partial charge >= 0.3 is 0 Å². The zero-order valence-corrected chi connectivity index (χ0v) is 11.6. The molecular weight excluding hydrogens is 206 g/mol. The topological polar surface area (TPSA) is 12.0 Å². The average molecular weight is 231 g/mol. The summed E-state index contributed by atoms with van der Waals surface area (Å²) in [7, 11) is 0. The molecule has 2 rings (SSSR count). The van der Waals surface area contributed by atoms with Crippen LogP contribution in [0.1, 0.15) is 40.5 Å². The van der Waals surface area contributed by atoms with Crippen LogP contribution in [0.5, 0.6) is 0 Å². The molecule has 0 heterocycles. The maximum atomic E-state index is 3.60. The van der Waals surface area contributed by atoms with Gasteiger partial charge in [-0.05, 0) is 41.7 Å². The molecule has 0 aliphatic heterocycles. The number of benzene rings is 1. The third-order valence-corrected chi connectivity index (χ3v) is 5.37. The Balaban J connectivity index is 2.04. The van der Waals surface area contributed by atoms with Crippen molar-refractivity contribution >= 4 is 5.69 Å². The summed E-state index contributed by atoms with van der Waals surface area (Å²) in [4.78, 5) is 0. The van der Waals surface area contributed by atoms with E-state index in [1.54, 1.807) is 0 Å². The highest BCUT2D eigenvalue weighted by Crippen LogP contribution is 2.55. The van der Waals surface area contributed by atoms with Crippen molar-refractivity contribution in [2.24, 2.45) is 16.7 Å². The van der Waals surface area contributed by atoms with Gasteiger partial charge in [0.1, 0.15) is 0 Å². The Morgan fingerprint density at radius 2 is 1.82 bits per heavy atom. The van der Waals surface area contributed by atoms with E-state index in [4.69, 9.17) is 0 Å². The Labute approximate surface area is 106 Å². The summed E-state index contributed by atoms with van der Waals surface area (Å²) in [5.41, 5.74) is 2.07. The summed E-state index contributed by atoms with van der Waals surface area (Å²) >= 11 is 0. The van der Waals surface area contributed by atoms with E-state index >= 15 is 0 Å². The van der Waals surface area contributed by atoms with Crippen molar-refractivity contribution in [2.45, 2.75) is 40.5 Å². The molecule has 1 aliphatic rings. The fraction of sp³-hybridized carbons (Fsp3) is 0.625. The summed E-state index contributed by atoms with van der Waals surface area (Å²) in [6.07, 6.45) is 2.70. The molecule has 1 aromatic carbocycles. The van der Waals surface area contributed by atoms with Crippen molar-refractivity contribution < 1.29 is 0 Å². The van der Waals surface area contributed by atoms with Crippen molar-refractivity contribution in [1.82, 2.24) is 0 Å². The minimum Gasteiger partial charge on any atom is -0.384 e. The number of para-hydroxylation sites is 1. The van der Waals surface area contributed by atoms with E-state index < -0.39 is 0 Å². The molecule has 1 aromatic rings. The van der Waals surface area contributed by atoms with Crippen LogP contribution in [0.3, 0.4) is 0 Å². The second-order valence-corrected chi connectivity index (χ2v) is 6.44. The van der Waals surface area contributed by atoms with E-state index in [1.807, 2.05) is 0 Å². The zero-order chi connectivity index (χ0) is 12.5. The summed E-state index contributed by atoms with van der Waals surface area (Å²) in [5.74, 6) is 0.824. The van der Waals surface area contributed by atoms with E-state index in [2.05, 4.69) is 63.3 Å². The fourth-order valence-electron chi connectivity index (χ4n) is 2.98. The molecule has 2 atom stereocenters. The molecule has 17 heavy (non-hydrogen) atoms. The molecule has 1 heteroatoms. The van der Waals surface area contributed by atoms with Gasteiger partial charge in [-0.2, -0.15) is 0 Å². The van der Waals surface area contributed by atoms with Gasteiger partial charge in [-0.15, -0.1) is 0 Å². The Morgan fingerprint density at radius 1 is 1.18 bits per heavy atom. The predicted octanol–water partition coefficient (Wildman–Crippen LogP) is 4.56. The molecule has 1 N–H and O–H groups in total. The zero-order valence-electron chi connectivity index (χ0n) is 11.6. The van der Waals surface area contributed by atoms with Gasteiger partial charge in [-0.3, -0.25) is 0 Å². The molecule has 0 bridgehead atoms. The lowest BCUT2D eigenvalue weighted by atomic mass is 9.66. The van der Waals surface area contributed by atoms with Crippen LogP contribution in [0, 0.1) is 16.7 Å². The van der Waals surface area contributed by atoms with E-state index in [1.165, 1.54) is 18.5 Å². The number of nitrogens with one attached hydrogen (secondary N) is 1. The third-order valence-electron chi connectivity index (χ3n) is 5.37. The first-order chi connectivity index (χ1) is 7.96. The molecule has 0 amide bonds. The first-order valence-corrected chi connectivity index (χ1v) is 6.75. The van der Waals surface area contributed by atoms with Gasteiger partial charge in [0.2, 0.25) is 0 Å². The van der Waals surface area contributed by atoms with Crippen LogP contribution in [0.4, 0.5) is 5.69 Å². The number of hydrogen-bond acceptors (Lipinski definition) is 1. The molecule has 1 nitrogen and oxygen atoms in total. The van der Waals surface area contributed by atoms with Crippen LogP contribution < -0.4 is 5.32 Å². The van der Waals surface area contributed by atoms with Gasteiger partial charge in [-0.25, -0.2) is 0 Å². The second-order valence-electron chi connectivity index (χ2n) is 6.44. The molecule has 0 radical (unpaired) electrons. The van der Waals surface area contributed by atoms with Crippen LogP contribution in [0.2, 0.25) is 0 Å². The lowest BCUT2D eigenvalue weighted by Gasteiger charge is -2.41. The summed E-state index contributed by atoms with van der Waals surface area (Å²) in [6, 6.07) is 10.5. The van der Waals surface area contributed by atoms with Gasteiger partial charge in [0.15, 0.2) is 0 Å². The molecular formula is C16H25N. The minimum absolute atomic E-state index is 0.405. The summed E-state index contributed by atoms with van der Waals surface area (Å²) in [5, 5.41) is 3.60. The molecule has 1 aliphatic carbocycles. The predicted molar refractivity (Wildman–Crippen MR) is 75.2 cm³/mol. The summed E-state index contributed by atoms with van der Waals surface area (Å²) < 4.78 is 0. The molecule has 1 fully saturated rings. The molecule has 1 saturated carbocycles. The maximum absolute atomic E-state index is 3.60. The normalized spacial score (nSPS) is 31.4. The Morgan fingerprint density at radius 3 is 2.35 bits per heavy atom. The molecule has 0 aromatic heterocycles. The highest BCUT2D eigenvalue weighted by Gasteiger charge is 2.49. The Bertz CT molecular complexity index is 368. The van der Waals surface area contributed by atoms with Crippen molar-refractivity contribution in [2.75, 3.05) is 11.9 Å². The van der Waals surface area contributed by atoms with Crippen LogP contribution in [0.25, 0.3) is 0 Å². The van der Waals surface area contributed by atoms with Crippen LogP contribution in [-0.4, -0.2) is 6.54 Å². The van der Waals surface area contributed by atoms with Crippen molar-refractivity contribution in [3.05, 3.63) is 30.3 Å². The van der Waals surface area contributed by atoms with Crippen LogP contribution in [0.15, 0.2) is 30.3 Å². The van der Waals surface area contributed by atoms with E-state index in [9.17, 15) is 0 Å². The van der Waals surface area contributed by atoms with Crippen LogP contribution in [-0.2, 0) is 0 Å². The smallest absolute Gasteiger partial charge is 0.0340 e. The molecule has 94 valence electrons. The van der Waals surface area contributed by atoms with Gasteiger partial charge < -0.3 is 5.32 Å². The Hall–Kier alpha value is -0.980. The van der Waals surface area contributed by atoms with E-state index in [0.29, 0.717) is 10.8 Å². The first kappa shape index (κ1) is 12.5. The molecule has 0 saturated heterocycles. The average Bonchev–Trinajstić information content (AvgIpc) is 2.53. The highest BCUT2D eigenvalue weighted by molar-refractivity contribution is 5.42. The SMILES string of the molecule is C[C@@H]1CC[C@](C)(CNc2ccccc2)C1(C)C. The Kier molecular flexibility index (Phi) is 3.20.